The number of alkyl halides is 6. The Balaban J connectivity index is 2.39. The quantitative estimate of drug-likeness (QED) is 0.647. The summed E-state index contributed by atoms with van der Waals surface area (Å²) in [7, 11) is 0. The SMILES string of the molecule is CC[C@@H](C)Nc1nc(Nc2ccccc2OC(F)(F)F)cc(C(F)(F)F)n1. The first-order chi connectivity index (χ1) is 12.5. The van der Waals surface area contributed by atoms with Crippen molar-refractivity contribution in [2.24, 2.45) is 0 Å². The Morgan fingerprint density at radius 3 is 2.33 bits per heavy atom. The van der Waals surface area contributed by atoms with Gasteiger partial charge in [-0.25, -0.2) is 4.98 Å². The van der Waals surface area contributed by atoms with Gasteiger partial charge in [0.05, 0.1) is 5.69 Å². The molecule has 0 aliphatic heterocycles. The fourth-order valence-electron chi connectivity index (χ4n) is 1.97. The van der Waals surface area contributed by atoms with Gasteiger partial charge in [0.1, 0.15) is 5.82 Å². The molecule has 0 aliphatic rings. The van der Waals surface area contributed by atoms with E-state index in [1.807, 2.05) is 6.92 Å². The second kappa shape index (κ2) is 7.89. The number of aromatic nitrogens is 2. The molecule has 0 amide bonds. The number of nitrogens with zero attached hydrogens (tertiary/aromatic N) is 2. The van der Waals surface area contributed by atoms with Crippen molar-refractivity contribution >= 4 is 17.5 Å². The van der Waals surface area contributed by atoms with Crippen molar-refractivity contribution in [3.8, 4) is 5.75 Å². The second-order valence-electron chi connectivity index (χ2n) is 5.58. The number of nitrogens with one attached hydrogen (secondary N) is 2. The van der Waals surface area contributed by atoms with E-state index in [0.717, 1.165) is 6.07 Å². The van der Waals surface area contributed by atoms with Crippen LogP contribution in [0, 0.1) is 0 Å². The van der Waals surface area contributed by atoms with E-state index in [2.05, 4.69) is 25.3 Å². The van der Waals surface area contributed by atoms with E-state index >= 15 is 0 Å². The third-order valence-corrected chi connectivity index (χ3v) is 3.38. The number of anilines is 3. The van der Waals surface area contributed by atoms with Crippen molar-refractivity contribution in [1.29, 1.82) is 0 Å². The van der Waals surface area contributed by atoms with E-state index in [1.54, 1.807) is 6.92 Å². The lowest BCUT2D eigenvalue weighted by Gasteiger charge is -2.17. The molecule has 0 saturated heterocycles. The van der Waals surface area contributed by atoms with Crippen LogP contribution >= 0.6 is 0 Å². The van der Waals surface area contributed by atoms with Crippen LogP contribution in [0.25, 0.3) is 0 Å². The molecule has 0 spiro atoms. The molecule has 5 nitrogen and oxygen atoms in total. The Morgan fingerprint density at radius 1 is 1.07 bits per heavy atom. The molecule has 2 aromatic rings. The Hall–Kier alpha value is -2.72. The minimum Gasteiger partial charge on any atom is -0.404 e. The highest BCUT2D eigenvalue weighted by Crippen LogP contribution is 2.34. The number of halogens is 6. The lowest BCUT2D eigenvalue weighted by atomic mass is 10.2. The second-order valence-corrected chi connectivity index (χ2v) is 5.58. The van der Waals surface area contributed by atoms with Crippen LogP contribution in [-0.2, 0) is 6.18 Å². The minimum absolute atomic E-state index is 0.198. The molecule has 1 aromatic heterocycles. The highest BCUT2D eigenvalue weighted by Gasteiger charge is 2.34. The Bertz CT molecular complexity index is 778. The van der Waals surface area contributed by atoms with Crippen LogP contribution in [0.3, 0.4) is 0 Å². The summed E-state index contributed by atoms with van der Waals surface area (Å²) in [6, 6.07) is 5.34. The maximum Gasteiger partial charge on any atom is 0.573 e. The first-order valence-corrected chi connectivity index (χ1v) is 7.82. The van der Waals surface area contributed by atoms with E-state index in [-0.39, 0.29) is 23.5 Å². The highest BCUT2D eigenvalue weighted by atomic mass is 19.4. The maximum absolute atomic E-state index is 13.1. The molecule has 0 unspecified atom stereocenters. The zero-order valence-corrected chi connectivity index (χ0v) is 14.2. The summed E-state index contributed by atoms with van der Waals surface area (Å²) in [4.78, 5) is 7.32. The van der Waals surface area contributed by atoms with E-state index < -0.39 is 24.0 Å². The van der Waals surface area contributed by atoms with Gasteiger partial charge in [0.2, 0.25) is 5.95 Å². The molecule has 0 bridgehead atoms. The molecule has 2 rings (SSSR count). The molecule has 0 radical (unpaired) electrons. The summed E-state index contributed by atoms with van der Waals surface area (Å²) in [5.74, 6) is -1.23. The predicted octanol–water partition coefficient (Wildman–Crippen LogP) is 5.35. The normalized spacial score (nSPS) is 13.2. The minimum atomic E-state index is -4.95. The number of rotatable bonds is 6. The summed E-state index contributed by atoms with van der Waals surface area (Å²) in [5, 5.41) is 5.13. The Labute approximate surface area is 150 Å². The van der Waals surface area contributed by atoms with Gasteiger partial charge in [-0.1, -0.05) is 19.1 Å². The van der Waals surface area contributed by atoms with Crippen LogP contribution in [-0.4, -0.2) is 22.4 Å². The number of benzene rings is 1. The molecular formula is C16H16F6N4O. The van der Waals surface area contributed by atoms with Gasteiger partial charge in [0, 0.05) is 12.1 Å². The maximum atomic E-state index is 13.1. The fraction of sp³-hybridized carbons (Fsp3) is 0.375. The molecule has 27 heavy (non-hydrogen) atoms. The molecule has 1 heterocycles. The molecule has 1 atom stereocenters. The van der Waals surface area contributed by atoms with Gasteiger partial charge in [-0.2, -0.15) is 18.2 Å². The lowest BCUT2D eigenvalue weighted by Crippen LogP contribution is -2.19. The van der Waals surface area contributed by atoms with E-state index in [0.29, 0.717) is 12.5 Å². The Kier molecular flexibility index (Phi) is 6.01. The van der Waals surface area contributed by atoms with Crippen LogP contribution in [0.1, 0.15) is 26.0 Å². The van der Waals surface area contributed by atoms with Crippen molar-refractivity contribution in [1.82, 2.24) is 9.97 Å². The number of hydrogen-bond acceptors (Lipinski definition) is 5. The van der Waals surface area contributed by atoms with Gasteiger partial charge in [0.25, 0.3) is 0 Å². The van der Waals surface area contributed by atoms with Crippen LogP contribution in [0.5, 0.6) is 5.75 Å². The molecule has 148 valence electrons. The first-order valence-electron chi connectivity index (χ1n) is 7.82. The average Bonchev–Trinajstić information content (AvgIpc) is 2.54. The van der Waals surface area contributed by atoms with Crippen molar-refractivity contribution < 1.29 is 31.1 Å². The smallest absolute Gasteiger partial charge is 0.404 e. The topological polar surface area (TPSA) is 59.1 Å². The van der Waals surface area contributed by atoms with Gasteiger partial charge in [-0.15, -0.1) is 13.2 Å². The van der Waals surface area contributed by atoms with Crippen molar-refractivity contribution in [3.63, 3.8) is 0 Å². The molecular weight excluding hydrogens is 378 g/mol. The van der Waals surface area contributed by atoms with Crippen LogP contribution in [0.15, 0.2) is 30.3 Å². The third kappa shape index (κ3) is 6.19. The molecule has 0 aliphatic carbocycles. The van der Waals surface area contributed by atoms with Gasteiger partial charge < -0.3 is 15.4 Å². The summed E-state index contributed by atoms with van der Waals surface area (Å²) < 4.78 is 80.6. The highest BCUT2D eigenvalue weighted by molar-refractivity contribution is 5.65. The van der Waals surface area contributed by atoms with Gasteiger partial charge in [-0.05, 0) is 25.5 Å². The summed E-state index contributed by atoms with van der Waals surface area (Å²) >= 11 is 0. The zero-order valence-electron chi connectivity index (χ0n) is 14.2. The summed E-state index contributed by atoms with van der Waals surface area (Å²) in [5.41, 5.74) is -1.43. The first kappa shape index (κ1) is 20.6. The average molecular weight is 394 g/mol. The van der Waals surface area contributed by atoms with E-state index in [4.69, 9.17) is 0 Å². The molecule has 1 aromatic carbocycles. The van der Waals surface area contributed by atoms with Crippen molar-refractivity contribution in [2.75, 3.05) is 10.6 Å². The molecule has 0 fully saturated rings. The van der Waals surface area contributed by atoms with Gasteiger partial charge in [-0.3, -0.25) is 0 Å². The monoisotopic (exact) mass is 394 g/mol. The zero-order chi connectivity index (χ0) is 20.2. The largest absolute Gasteiger partial charge is 0.573 e. The van der Waals surface area contributed by atoms with E-state index in [1.165, 1.54) is 18.2 Å². The summed E-state index contributed by atoms with van der Waals surface area (Å²) in [6.07, 6.45) is -9.11. The number of ether oxygens (including phenoxy) is 1. The fourth-order valence-corrected chi connectivity index (χ4v) is 1.97. The van der Waals surface area contributed by atoms with Crippen molar-refractivity contribution in [2.45, 2.75) is 38.8 Å². The van der Waals surface area contributed by atoms with Crippen molar-refractivity contribution in [3.05, 3.63) is 36.0 Å². The molecule has 2 N–H and O–H groups in total. The van der Waals surface area contributed by atoms with Crippen LogP contribution in [0.2, 0.25) is 0 Å². The third-order valence-electron chi connectivity index (χ3n) is 3.38. The van der Waals surface area contributed by atoms with E-state index in [9.17, 15) is 26.3 Å². The van der Waals surface area contributed by atoms with Crippen LogP contribution < -0.4 is 15.4 Å². The lowest BCUT2D eigenvalue weighted by molar-refractivity contribution is -0.274. The van der Waals surface area contributed by atoms with Crippen LogP contribution in [0.4, 0.5) is 43.8 Å². The number of para-hydroxylation sites is 2. The van der Waals surface area contributed by atoms with Gasteiger partial charge >= 0.3 is 12.5 Å². The standard InChI is InChI=1S/C16H16F6N4O/c1-3-9(2)23-14-25-12(15(17,18)19)8-13(26-14)24-10-6-4-5-7-11(10)27-16(20,21)22/h4-9H,3H2,1-2H3,(H2,23,24,25,26)/t9-/m1/s1. The molecule has 11 heteroatoms. The summed E-state index contributed by atoms with van der Waals surface area (Å²) in [6.45, 7) is 3.54. The molecule has 0 saturated carbocycles. The number of hydrogen-bond donors (Lipinski definition) is 2. The van der Waals surface area contributed by atoms with Gasteiger partial charge in [0.15, 0.2) is 11.4 Å². The Morgan fingerprint density at radius 2 is 1.74 bits per heavy atom. The predicted molar refractivity (Wildman–Crippen MR) is 86.8 cm³/mol.